The molecule has 2 aromatic carbocycles. The van der Waals surface area contributed by atoms with E-state index in [4.69, 9.17) is 5.26 Å². The molecular weight excluding hydrogens is 255 g/mol. The molecule has 0 saturated heterocycles. The van der Waals surface area contributed by atoms with E-state index in [1.807, 2.05) is 13.0 Å². The van der Waals surface area contributed by atoms with Crippen molar-refractivity contribution in [3.8, 4) is 6.07 Å². The Morgan fingerprint density at radius 3 is 2.30 bits per heavy atom. The molecular formula is C16H13FN2O. The minimum atomic E-state index is -0.306. The average Bonchev–Trinajstić information content (AvgIpc) is 2.48. The third kappa shape index (κ3) is 3.21. The van der Waals surface area contributed by atoms with Crippen LogP contribution >= 0.6 is 0 Å². The lowest BCUT2D eigenvalue weighted by atomic mass is 10.1. The SMILES string of the molecule is C[C@@H](NC(=O)c1ccc(C#N)cc1)c1ccc(F)cc1. The summed E-state index contributed by atoms with van der Waals surface area (Å²) in [7, 11) is 0. The molecule has 0 aromatic heterocycles. The van der Waals surface area contributed by atoms with E-state index in [0.29, 0.717) is 11.1 Å². The predicted octanol–water partition coefficient (Wildman–Crippen LogP) is 3.19. The number of nitrogens with one attached hydrogen (secondary N) is 1. The van der Waals surface area contributed by atoms with Gasteiger partial charge in [0.05, 0.1) is 17.7 Å². The molecule has 0 bridgehead atoms. The third-order valence-corrected chi connectivity index (χ3v) is 2.99. The maximum atomic E-state index is 12.8. The Kier molecular flexibility index (Phi) is 4.11. The Balaban J connectivity index is 2.06. The van der Waals surface area contributed by atoms with Gasteiger partial charge in [0.25, 0.3) is 5.91 Å². The first-order valence-corrected chi connectivity index (χ1v) is 6.16. The van der Waals surface area contributed by atoms with E-state index in [-0.39, 0.29) is 17.8 Å². The lowest BCUT2D eigenvalue weighted by Crippen LogP contribution is -2.26. The summed E-state index contributed by atoms with van der Waals surface area (Å²) in [4.78, 5) is 12.0. The van der Waals surface area contributed by atoms with Crippen LogP contribution in [0, 0.1) is 17.1 Å². The van der Waals surface area contributed by atoms with Crippen molar-refractivity contribution in [3.63, 3.8) is 0 Å². The molecule has 1 amide bonds. The van der Waals surface area contributed by atoms with Crippen molar-refractivity contribution in [1.82, 2.24) is 5.32 Å². The zero-order chi connectivity index (χ0) is 14.5. The fourth-order valence-electron chi connectivity index (χ4n) is 1.81. The highest BCUT2D eigenvalue weighted by Gasteiger charge is 2.11. The van der Waals surface area contributed by atoms with Gasteiger partial charge in [-0.3, -0.25) is 4.79 Å². The molecule has 2 rings (SSSR count). The summed E-state index contributed by atoms with van der Waals surface area (Å²) >= 11 is 0. The normalized spacial score (nSPS) is 11.4. The quantitative estimate of drug-likeness (QED) is 0.929. The van der Waals surface area contributed by atoms with Crippen LogP contribution in [0.3, 0.4) is 0 Å². The summed E-state index contributed by atoms with van der Waals surface area (Å²) in [5.74, 6) is -0.536. The molecule has 2 aromatic rings. The molecule has 0 aliphatic carbocycles. The predicted molar refractivity (Wildman–Crippen MR) is 73.4 cm³/mol. The Morgan fingerprint density at radius 2 is 1.75 bits per heavy atom. The highest BCUT2D eigenvalue weighted by Crippen LogP contribution is 2.14. The summed E-state index contributed by atoms with van der Waals surface area (Å²) in [6.45, 7) is 1.83. The van der Waals surface area contributed by atoms with Crippen LogP contribution in [0.25, 0.3) is 0 Å². The lowest BCUT2D eigenvalue weighted by molar-refractivity contribution is 0.0940. The van der Waals surface area contributed by atoms with Crippen LogP contribution in [0.5, 0.6) is 0 Å². The zero-order valence-electron chi connectivity index (χ0n) is 10.9. The van der Waals surface area contributed by atoms with Crippen molar-refractivity contribution in [1.29, 1.82) is 5.26 Å². The van der Waals surface area contributed by atoms with Gasteiger partial charge in [0.1, 0.15) is 5.82 Å². The Hall–Kier alpha value is -2.67. The summed E-state index contributed by atoms with van der Waals surface area (Å²) < 4.78 is 12.8. The fourth-order valence-corrected chi connectivity index (χ4v) is 1.81. The molecule has 0 fully saturated rings. The van der Waals surface area contributed by atoms with Crippen molar-refractivity contribution in [2.45, 2.75) is 13.0 Å². The summed E-state index contributed by atoms with van der Waals surface area (Å²) in [6.07, 6.45) is 0. The molecule has 20 heavy (non-hydrogen) atoms. The molecule has 3 nitrogen and oxygen atoms in total. The third-order valence-electron chi connectivity index (χ3n) is 2.99. The van der Waals surface area contributed by atoms with Gasteiger partial charge in [-0.05, 0) is 48.9 Å². The maximum absolute atomic E-state index is 12.8. The van der Waals surface area contributed by atoms with E-state index in [1.165, 1.54) is 12.1 Å². The van der Waals surface area contributed by atoms with Crippen LogP contribution in [-0.4, -0.2) is 5.91 Å². The smallest absolute Gasteiger partial charge is 0.251 e. The Bertz CT molecular complexity index is 642. The number of halogens is 1. The van der Waals surface area contributed by atoms with Gasteiger partial charge < -0.3 is 5.32 Å². The van der Waals surface area contributed by atoms with E-state index >= 15 is 0 Å². The number of carbonyl (C=O) groups is 1. The summed E-state index contributed by atoms with van der Waals surface area (Å²) in [5, 5.41) is 11.5. The van der Waals surface area contributed by atoms with Gasteiger partial charge in [0, 0.05) is 5.56 Å². The first-order valence-electron chi connectivity index (χ1n) is 6.16. The summed E-state index contributed by atoms with van der Waals surface area (Å²) in [5.41, 5.74) is 1.82. The standard InChI is InChI=1S/C16H13FN2O/c1-11(13-6-8-15(17)9-7-13)19-16(20)14-4-2-12(10-18)3-5-14/h2-9,11H,1H3,(H,19,20)/t11-/m1/s1. The van der Waals surface area contributed by atoms with Crippen LogP contribution < -0.4 is 5.32 Å². The lowest BCUT2D eigenvalue weighted by Gasteiger charge is -2.14. The van der Waals surface area contributed by atoms with Gasteiger partial charge in [-0.1, -0.05) is 12.1 Å². The number of nitrogens with zero attached hydrogens (tertiary/aromatic N) is 1. The van der Waals surface area contributed by atoms with Crippen molar-refractivity contribution in [2.24, 2.45) is 0 Å². The number of carbonyl (C=O) groups excluding carboxylic acids is 1. The molecule has 4 heteroatoms. The largest absolute Gasteiger partial charge is 0.346 e. The second-order valence-electron chi connectivity index (χ2n) is 4.44. The second kappa shape index (κ2) is 5.98. The van der Waals surface area contributed by atoms with Crippen molar-refractivity contribution < 1.29 is 9.18 Å². The molecule has 0 heterocycles. The molecule has 1 N–H and O–H groups in total. The van der Waals surface area contributed by atoms with Crippen LogP contribution in [0.1, 0.15) is 34.5 Å². The van der Waals surface area contributed by atoms with E-state index < -0.39 is 0 Å². The molecule has 0 spiro atoms. The van der Waals surface area contributed by atoms with Gasteiger partial charge in [0.2, 0.25) is 0 Å². The van der Waals surface area contributed by atoms with Crippen LogP contribution in [0.2, 0.25) is 0 Å². The molecule has 1 atom stereocenters. The van der Waals surface area contributed by atoms with Gasteiger partial charge in [-0.2, -0.15) is 5.26 Å². The zero-order valence-corrected chi connectivity index (χ0v) is 10.9. The van der Waals surface area contributed by atoms with E-state index in [0.717, 1.165) is 5.56 Å². The number of rotatable bonds is 3. The minimum Gasteiger partial charge on any atom is -0.346 e. The van der Waals surface area contributed by atoms with Gasteiger partial charge >= 0.3 is 0 Å². The van der Waals surface area contributed by atoms with E-state index in [1.54, 1.807) is 36.4 Å². The minimum absolute atomic E-state index is 0.223. The van der Waals surface area contributed by atoms with Gasteiger partial charge in [-0.25, -0.2) is 4.39 Å². The first kappa shape index (κ1) is 13.8. The Morgan fingerprint density at radius 1 is 1.15 bits per heavy atom. The highest BCUT2D eigenvalue weighted by atomic mass is 19.1. The first-order chi connectivity index (χ1) is 9.60. The number of benzene rings is 2. The fraction of sp³-hybridized carbons (Fsp3) is 0.125. The monoisotopic (exact) mass is 268 g/mol. The molecule has 100 valence electrons. The van der Waals surface area contributed by atoms with E-state index in [2.05, 4.69) is 5.32 Å². The molecule has 0 aliphatic heterocycles. The van der Waals surface area contributed by atoms with Crippen molar-refractivity contribution in [3.05, 3.63) is 71.0 Å². The van der Waals surface area contributed by atoms with Gasteiger partial charge in [0.15, 0.2) is 0 Å². The number of amides is 1. The number of hydrogen-bond acceptors (Lipinski definition) is 2. The molecule has 0 saturated carbocycles. The second-order valence-corrected chi connectivity index (χ2v) is 4.44. The average molecular weight is 268 g/mol. The number of hydrogen-bond donors (Lipinski definition) is 1. The van der Waals surface area contributed by atoms with Gasteiger partial charge in [-0.15, -0.1) is 0 Å². The van der Waals surface area contributed by atoms with Crippen LogP contribution in [0.15, 0.2) is 48.5 Å². The molecule has 0 aliphatic rings. The molecule has 0 radical (unpaired) electrons. The van der Waals surface area contributed by atoms with Crippen LogP contribution in [-0.2, 0) is 0 Å². The Labute approximate surface area is 116 Å². The van der Waals surface area contributed by atoms with Crippen molar-refractivity contribution >= 4 is 5.91 Å². The highest BCUT2D eigenvalue weighted by molar-refractivity contribution is 5.94. The number of nitriles is 1. The van der Waals surface area contributed by atoms with Crippen LogP contribution in [0.4, 0.5) is 4.39 Å². The maximum Gasteiger partial charge on any atom is 0.251 e. The van der Waals surface area contributed by atoms with Crippen molar-refractivity contribution in [2.75, 3.05) is 0 Å². The molecule has 0 unspecified atom stereocenters. The topological polar surface area (TPSA) is 52.9 Å². The summed E-state index contributed by atoms with van der Waals surface area (Å²) in [6, 6.07) is 14.2. The van der Waals surface area contributed by atoms with E-state index in [9.17, 15) is 9.18 Å².